The SMILES string of the molecule is Br.CC1(C)N=C(N)N=C(N)N1OC/C=C/c1ccccc1. The molecule has 4 N–H and O–H groups in total. The van der Waals surface area contributed by atoms with Gasteiger partial charge in [0, 0.05) is 0 Å². The average molecular weight is 354 g/mol. The highest BCUT2D eigenvalue weighted by Crippen LogP contribution is 2.19. The molecule has 0 saturated heterocycles. The van der Waals surface area contributed by atoms with Crippen molar-refractivity contribution in [2.45, 2.75) is 19.5 Å². The van der Waals surface area contributed by atoms with E-state index in [1.165, 1.54) is 5.06 Å². The zero-order chi connectivity index (χ0) is 14.6. The van der Waals surface area contributed by atoms with Crippen molar-refractivity contribution in [3.8, 4) is 0 Å². The van der Waals surface area contributed by atoms with Gasteiger partial charge in [0.1, 0.15) is 0 Å². The molecule has 6 nitrogen and oxygen atoms in total. The maximum Gasteiger partial charge on any atom is 0.226 e. The molecule has 1 aromatic carbocycles. The third-order valence-electron chi connectivity index (χ3n) is 2.73. The molecular formula is C14H20BrN5O. The maximum absolute atomic E-state index is 5.80. The number of nitrogens with zero attached hydrogens (tertiary/aromatic N) is 3. The minimum atomic E-state index is -0.670. The van der Waals surface area contributed by atoms with Crippen LogP contribution in [-0.2, 0) is 4.84 Å². The van der Waals surface area contributed by atoms with E-state index in [0.717, 1.165) is 5.56 Å². The number of nitrogens with two attached hydrogens (primary N) is 2. The predicted octanol–water partition coefficient (Wildman–Crippen LogP) is 1.89. The Labute approximate surface area is 134 Å². The van der Waals surface area contributed by atoms with Crippen molar-refractivity contribution in [2.75, 3.05) is 6.61 Å². The van der Waals surface area contributed by atoms with E-state index in [2.05, 4.69) is 9.98 Å². The molecule has 0 unspecified atom stereocenters. The molecule has 1 aliphatic rings. The van der Waals surface area contributed by atoms with Crippen LogP contribution < -0.4 is 11.5 Å². The highest BCUT2D eigenvalue weighted by atomic mass is 79.9. The Balaban J connectivity index is 0.00000220. The van der Waals surface area contributed by atoms with Crippen LogP contribution in [0.25, 0.3) is 6.08 Å². The Kier molecular flexibility index (Phi) is 5.92. The average Bonchev–Trinajstić information content (AvgIpc) is 2.37. The molecule has 0 bridgehead atoms. The van der Waals surface area contributed by atoms with Crippen molar-refractivity contribution in [3.63, 3.8) is 0 Å². The first kappa shape index (κ1) is 17.2. The van der Waals surface area contributed by atoms with Crippen LogP contribution in [0.15, 0.2) is 46.4 Å². The van der Waals surface area contributed by atoms with Crippen molar-refractivity contribution in [2.24, 2.45) is 21.5 Å². The van der Waals surface area contributed by atoms with Crippen LogP contribution in [0.2, 0.25) is 0 Å². The molecule has 1 aliphatic heterocycles. The monoisotopic (exact) mass is 353 g/mol. The largest absolute Gasteiger partial charge is 0.368 e. The summed E-state index contributed by atoms with van der Waals surface area (Å²) >= 11 is 0. The number of rotatable bonds is 4. The number of hydrogen-bond donors (Lipinski definition) is 2. The van der Waals surface area contributed by atoms with E-state index < -0.39 is 5.66 Å². The molecule has 0 aliphatic carbocycles. The first-order chi connectivity index (χ1) is 9.49. The summed E-state index contributed by atoms with van der Waals surface area (Å²) in [4.78, 5) is 13.7. The van der Waals surface area contributed by atoms with Gasteiger partial charge >= 0.3 is 0 Å². The predicted molar refractivity (Wildman–Crippen MR) is 90.9 cm³/mol. The molecule has 21 heavy (non-hydrogen) atoms. The van der Waals surface area contributed by atoms with Crippen molar-refractivity contribution < 1.29 is 4.84 Å². The van der Waals surface area contributed by atoms with Crippen molar-refractivity contribution in [1.29, 1.82) is 0 Å². The van der Waals surface area contributed by atoms with Crippen LogP contribution in [0.3, 0.4) is 0 Å². The van der Waals surface area contributed by atoms with Gasteiger partial charge in [0.25, 0.3) is 0 Å². The van der Waals surface area contributed by atoms with Gasteiger partial charge in [-0.05, 0) is 19.4 Å². The normalized spacial score (nSPS) is 17.1. The maximum atomic E-state index is 5.80. The van der Waals surface area contributed by atoms with E-state index in [-0.39, 0.29) is 28.9 Å². The highest BCUT2D eigenvalue weighted by molar-refractivity contribution is 8.93. The number of benzene rings is 1. The lowest BCUT2D eigenvalue weighted by Gasteiger charge is -2.36. The Morgan fingerprint density at radius 1 is 1.24 bits per heavy atom. The fourth-order valence-corrected chi connectivity index (χ4v) is 1.88. The molecule has 7 heteroatoms. The zero-order valence-electron chi connectivity index (χ0n) is 12.1. The molecular weight excluding hydrogens is 334 g/mol. The topological polar surface area (TPSA) is 89.2 Å². The van der Waals surface area contributed by atoms with Crippen molar-refractivity contribution in [1.82, 2.24) is 5.06 Å². The molecule has 0 radical (unpaired) electrons. The van der Waals surface area contributed by atoms with Gasteiger partial charge in [-0.25, -0.2) is 4.99 Å². The van der Waals surface area contributed by atoms with Crippen molar-refractivity contribution in [3.05, 3.63) is 42.0 Å². The Hall–Kier alpha value is -1.86. The third kappa shape index (κ3) is 4.57. The molecule has 0 saturated carbocycles. The van der Waals surface area contributed by atoms with E-state index >= 15 is 0 Å². The van der Waals surface area contributed by atoms with Crippen LogP contribution in [0, 0.1) is 0 Å². The Morgan fingerprint density at radius 3 is 2.52 bits per heavy atom. The van der Waals surface area contributed by atoms with Crippen LogP contribution in [0.4, 0.5) is 0 Å². The molecule has 114 valence electrons. The van der Waals surface area contributed by atoms with Gasteiger partial charge < -0.3 is 11.5 Å². The fourth-order valence-electron chi connectivity index (χ4n) is 1.88. The van der Waals surface area contributed by atoms with Crippen molar-refractivity contribution >= 4 is 35.0 Å². The minimum Gasteiger partial charge on any atom is -0.368 e. The number of aliphatic imine (C=N–C) groups is 2. The number of hydroxylamine groups is 2. The van der Waals surface area contributed by atoms with Gasteiger partial charge in [0.15, 0.2) is 5.66 Å². The summed E-state index contributed by atoms with van der Waals surface area (Å²) in [5, 5.41) is 1.46. The lowest BCUT2D eigenvalue weighted by Crippen LogP contribution is -2.53. The summed E-state index contributed by atoms with van der Waals surface area (Å²) in [5.41, 5.74) is 11.8. The summed E-state index contributed by atoms with van der Waals surface area (Å²) in [7, 11) is 0. The van der Waals surface area contributed by atoms with Crippen LogP contribution in [-0.4, -0.2) is 29.3 Å². The summed E-state index contributed by atoms with van der Waals surface area (Å²) in [5.74, 6) is 0.364. The van der Waals surface area contributed by atoms with Crippen LogP contribution in [0.1, 0.15) is 19.4 Å². The Morgan fingerprint density at radius 2 is 1.90 bits per heavy atom. The Bertz CT molecular complexity index is 554. The smallest absolute Gasteiger partial charge is 0.226 e. The fraction of sp³-hybridized carbons (Fsp3) is 0.286. The van der Waals surface area contributed by atoms with E-state index in [0.29, 0.717) is 6.61 Å². The lowest BCUT2D eigenvalue weighted by atomic mass is 10.2. The third-order valence-corrected chi connectivity index (χ3v) is 2.73. The van der Waals surface area contributed by atoms with Crippen LogP contribution >= 0.6 is 17.0 Å². The first-order valence-corrected chi connectivity index (χ1v) is 6.33. The number of guanidine groups is 2. The first-order valence-electron chi connectivity index (χ1n) is 6.33. The summed E-state index contributed by atoms with van der Waals surface area (Å²) in [6, 6.07) is 9.97. The quantitative estimate of drug-likeness (QED) is 0.864. The lowest BCUT2D eigenvalue weighted by molar-refractivity contribution is -0.146. The minimum absolute atomic E-state index is 0. The second-order valence-electron chi connectivity index (χ2n) is 4.84. The molecule has 0 fully saturated rings. The second kappa shape index (κ2) is 7.24. The van der Waals surface area contributed by atoms with Gasteiger partial charge in [0.2, 0.25) is 11.9 Å². The van der Waals surface area contributed by atoms with E-state index in [4.69, 9.17) is 16.3 Å². The zero-order valence-corrected chi connectivity index (χ0v) is 13.8. The summed E-state index contributed by atoms with van der Waals surface area (Å²) in [6.07, 6.45) is 3.88. The summed E-state index contributed by atoms with van der Waals surface area (Å²) < 4.78 is 0. The molecule has 0 amide bonds. The van der Waals surface area contributed by atoms with Gasteiger partial charge in [0.05, 0.1) is 6.61 Å². The van der Waals surface area contributed by atoms with E-state index in [1.54, 1.807) is 0 Å². The summed E-state index contributed by atoms with van der Waals surface area (Å²) in [6.45, 7) is 4.06. The molecule has 0 aromatic heterocycles. The molecule has 2 rings (SSSR count). The standard InChI is InChI=1S/C14H19N5O.BrH/c1-14(2)18-12(15)17-13(16)19(14)20-10-6-9-11-7-4-3-5-8-11;/h3-9H,10H2,1-2H3,(H4,15,16,17,18);1H/b9-6+;. The number of halogens is 1. The molecule has 0 atom stereocenters. The van der Waals surface area contributed by atoms with Gasteiger partial charge in [-0.2, -0.15) is 10.1 Å². The molecule has 0 spiro atoms. The van der Waals surface area contributed by atoms with Crippen LogP contribution in [0.5, 0.6) is 0 Å². The van der Waals surface area contributed by atoms with Gasteiger partial charge in [-0.15, -0.1) is 17.0 Å². The molecule has 1 aromatic rings. The highest BCUT2D eigenvalue weighted by Gasteiger charge is 2.32. The van der Waals surface area contributed by atoms with Gasteiger partial charge in [-0.1, -0.05) is 42.5 Å². The molecule has 1 heterocycles. The number of hydrogen-bond acceptors (Lipinski definition) is 6. The second-order valence-corrected chi connectivity index (χ2v) is 4.84. The van der Waals surface area contributed by atoms with E-state index in [1.807, 2.05) is 56.3 Å². The van der Waals surface area contributed by atoms with Gasteiger partial charge in [-0.3, -0.25) is 4.84 Å². The van der Waals surface area contributed by atoms with E-state index in [9.17, 15) is 0 Å².